The fraction of sp³-hybridized carbons (Fsp3) is 0.227. The summed E-state index contributed by atoms with van der Waals surface area (Å²) >= 11 is 0. The summed E-state index contributed by atoms with van der Waals surface area (Å²) in [6.45, 7) is 0.521. The normalized spacial score (nSPS) is 16.1. The van der Waals surface area contributed by atoms with Crippen molar-refractivity contribution in [2.75, 3.05) is 13.3 Å². The Hall–Kier alpha value is -3.68. The van der Waals surface area contributed by atoms with Crippen LogP contribution in [0.3, 0.4) is 0 Å². The second-order valence-corrected chi connectivity index (χ2v) is 7.18. The number of ether oxygens (including phenoxy) is 3. The van der Waals surface area contributed by atoms with E-state index in [0.29, 0.717) is 41.3 Å². The van der Waals surface area contributed by atoms with Gasteiger partial charge in [0.15, 0.2) is 11.5 Å². The Morgan fingerprint density at radius 1 is 1.13 bits per heavy atom. The van der Waals surface area contributed by atoms with Crippen LogP contribution in [0.25, 0.3) is 11.1 Å². The lowest BCUT2D eigenvalue weighted by Crippen LogP contribution is -2.35. The second kappa shape index (κ2) is 7.62. The third kappa shape index (κ3) is 3.63. The van der Waals surface area contributed by atoms with Crippen molar-refractivity contribution in [3.8, 4) is 28.4 Å². The molecule has 2 aromatic carbocycles. The Kier molecular flexibility index (Phi) is 4.66. The van der Waals surface area contributed by atoms with Crippen molar-refractivity contribution in [1.29, 1.82) is 0 Å². The molecule has 1 atom stereocenters. The van der Waals surface area contributed by atoms with E-state index in [1.54, 1.807) is 24.5 Å². The summed E-state index contributed by atoms with van der Waals surface area (Å²) in [5.41, 5.74) is 2.89. The van der Waals surface area contributed by atoms with Crippen LogP contribution in [0.4, 0.5) is 4.39 Å². The molecule has 3 heterocycles. The molecule has 1 aromatic heterocycles. The van der Waals surface area contributed by atoms with Crippen LogP contribution in [0.2, 0.25) is 0 Å². The van der Waals surface area contributed by atoms with E-state index < -0.39 is 0 Å². The first kappa shape index (κ1) is 18.4. The largest absolute Gasteiger partial charge is 0.487 e. The molecule has 0 spiro atoms. The minimum Gasteiger partial charge on any atom is -0.487 e. The average molecular weight is 407 g/mol. The molecule has 5 rings (SSSR count). The number of carbonyl (C=O) groups excluding carboxylic acids is 1. The standard InChI is InChI=1S/C22H18FN3O4/c23-16-5-14-6-17(30-22(14)18(7-16)15-8-24-11-25-9-15)10-26-21(27)4-13-1-2-19-20(3-13)29-12-28-19/h1-3,5,7-9,11,17H,4,6,10,12H2,(H,26,27). The van der Waals surface area contributed by atoms with Gasteiger partial charge in [-0.3, -0.25) is 4.79 Å². The van der Waals surface area contributed by atoms with Crippen LogP contribution in [0, 0.1) is 5.82 Å². The molecule has 8 heteroatoms. The number of carbonyl (C=O) groups is 1. The molecular weight excluding hydrogens is 389 g/mol. The SMILES string of the molecule is O=C(Cc1ccc2c(c1)OCO2)NCC1Cc2cc(F)cc(-c3cncnc3)c2O1. The van der Waals surface area contributed by atoms with E-state index in [0.717, 1.165) is 11.1 Å². The molecule has 0 bridgehead atoms. The average Bonchev–Trinajstić information content (AvgIpc) is 3.38. The highest BCUT2D eigenvalue weighted by atomic mass is 19.1. The highest BCUT2D eigenvalue weighted by Gasteiger charge is 2.27. The van der Waals surface area contributed by atoms with Gasteiger partial charge in [-0.05, 0) is 29.8 Å². The molecular formula is C22H18FN3O4. The number of nitrogens with zero attached hydrogens (tertiary/aromatic N) is 2. The molecule has 1 unspecified atom stereocenters. The van der Waals surface area contributed by atoms with Crippen LogP contribution >= 0.6 is 0 Å². The minimum atomic E-state index is -0.344. The Labute approximate surface area is 171 Å². The Bertz CT molecular complexity index is 1110. The maximum Gasteiger partial charge on any atom is 0.231 e. The maximum absolute atomic E-state index is 14.1. The van der Waals surface area contributed by atoms with Crippen LogP contribution in [-0.2, 0) is 17.6 Å². The molecule has 3 aromatic rings. The predicted molar refractivity (Wildman–Crippen MR) is 105 cm³/mol. The first-order valence-corrected chi connectivity index (χ1v) is 9.55. The Morgan fingerprint density at radius 2 is 1.97 bits per heavy atom. The molecule has 1 N–H and O–H groups in total. The van der Waals surface area contributed by atoms with Crippen molar-refractivity contribution < 1.29 is 23.4 Å². The number of hydrogen-bond donors (Lipinski definition) is 1. The summed E-state index contributed by atoms with van der Waals surface area (Å²) in [5.74, 6) is 1.47. The zero-order valence-corrected chi connectivity index (χ0v) is 15.9. The molecule has 7 nitrogen and oxygen atoms in total. The van der Waals surface area contributed by atoms with Gasteiger partial charge in [0.05, 0.1) is 13.0 Å². The lowest BCUT2D eigenvalue weighted by molar-refractivity contribution is -0.120. The maximum atomic E-state index is 14.1. The fourth-order valence-electron chi connectivity index (χ4n) is 3.69. The van der Waals surface area contributed by atoms with Gasteiger partial charge in [0.25, 0.3) is 0 Å². The van der Waals surface area contributed by atoms with Gasteiger partial charge in [-0.25, -0.2) is 14.4 Å². The number of halogens is 1. The highest BCUT2D eigenvalue weighted by molar-refractivity contribution is 5.79. The van der Waals surface area contributed by atoms with Crippen molar-refractivity contribution in [1.82, 2.24) is 15.3 Å². The van der Waals surface area contributed by atoms with E-state index >= 15 is 0 Å². The quantitative estimate of drug-likeness (QED) is 0.700. The number of hydrogen-bond acceptors (Lipinski definition) is 6. The summed E-state index contributed by atoms with van der Waals surface area (Å²) in [4.78, 5) is 20.4. The summed E-state index contributed by atoms with van der Waals surface area (Å²) < 4.78 is 30.8. The van der Waals surface area contributed by atoms with Crippen molar-refractivity contribution in [3.63, 3.8) is 0 Å². The fourth-order valence-corrected chi connectivity index (χ4v) is 3.69. The molecule has 2 aliphatic heterocycles. The molecule has 0 fully saturated rings. The number of amides is 1. The molecule has 152 valence electrons. The summed E-state index contributed by atoms with van der Waals surface area (Å²) in [5, 5.41) is 2.90. The van der Waals surface area contributed by atoms with Crippen LogP contribution in [0.5, 0.6) is 17.2 Å². The highest BCUT2D eigenvalue weighted by Crippen LogP contribution is 2.39. The van der Waals surface area contributed by atoms with Gasteiger partial charge in [0.1, 0.15) is 24.0 Å². The Balaban J connectivity index is 1.23. The molecule has 2 aliphatic rings. The molecule has 0 radical (unpaired) electrons. The van der Waals surface area contributed by atoms with E-state index in [2.05, 4.69) is 15.3 Å². The lowest BCUT2D eigenvalue weighted by atomic mass is 10.0. The third-order valence-corrected chi connectivity index (χ3v) is 5.06. The van der Waals surface area contributed by atoms with Crippen LogP contribution in [-0.4, -0.2) is 35.3 Å². The third-order valence-electron chi connectivity index (χ3n) is 5.06. The van der Waals surface area contributed by atoms with Gasteiger partial charge in [-0.2, -0.15) is 0 Å². The van der Waals surface area contributed by atoms with Crippen molar-refractivity contribution in [2.24, 2.45) is 0 Å². The van der Waals surface area contributed by atoms with Crippen LogP contribution in [0.1, 0.15) is 11.1 Å². The van der Waals surface area contributed by atoms with Gasteiger partial charge in [0, 0.05) is 35.5 Å². The number of nitrogens with one attached hydrogen (secondary N) is 1. The lowest BCUT2D eigenvalue weighted by Gasteiger charge is -2.13. The van der Waals surface area contributed by atoms with Crippen LogP contribution < -0.4 is 19.5 Å². The molecule has 0 saturated heterocycles. The summed E-state index contributed by atoms with van der Waals surface area (Å²) in [7, 11) is 0. The Morgan fingerprint density at radius 3 is 2.83 bits per heavy atom. The number of benzene rings is 2. The van der Waals surface area contributed by atoms with Gasteiger partial charge < -0.3 is 19.5 Å². The topological polar surface area (TPSA) is 82.6 Å². The van der Waals surface area contributed by atoms with Crippen molar-refractivity contribution in [3.05, 3.63) is 66.0 Å². The first-order valence-electron chi connectivity index (χ1n) is 9.55. The zero-order chi connectivity index (χ0) is 20.5. The van der Waals surface area contributed by atoms with E-state index in [-0.39, 0.29) is 31.0 Å². The van der Waals surface area contributed by atoms with Crippen molar-refractivity contribution >= 4 is 5.91 Å². The second-order valence-electron chi connectivity index (χ2n) is 7.18. The monoisotopic (exact) mass is 407 g/mol. The van der Waals surface area contributed by atoms with Gasteiger partial charge in [0.2, 0.25) is 12.7 Å². The zero-order valence-electron chi connectivity index (χ0n) is 15.9. The smallest absolute Gasteiger partial charge is 0.231 e. The number of rotatable bonds is 5. The van der Waals surface area contributed by atoms with Crippen LogP contribution in [0.15, 0.2) is 49.1 Å². The van der Waals surface area contributed by atoms with E-state index in [9.17, 15) is 9.18 Å². The number of aromatic nitrogens is 2. The molecule has 0 saturated carbocycles. The van der Waals surface area contributed by atoms with Gasteiger partial charge >= 0.3 is 0 Å². The van der Waals surface area contributed by atoms with Gasteiger partial charge in [-0.15, -0.1) is 0 Å². The molecule has 30 heavy (non-hydrogen) atoms. The molecule has 1 amide bonds. The predicted octanol–water partition coefficient (Wildman–Crippen LogP) is 2.67. The van der Waals surface area contributed by atoms with Crippen molar-refractivity contribution in [2.45, 2.75) is 18.9 Å². The van der Waals surface area contributed by atoms with Gasteiger partial charge in [-0.1, -0.05) is 6.07 Å². The van der Waals surface area contributed by atoms with E-state index in [1.165, 1.54) is 18.5 Å². The van der Waals surface area contributed by atoms with E-state index in [1.807, 2.05) is 6.07 Å². The number of fused-ring (bicyclic) bond motifs is 2. The van der Waals surface area contributed by atoms with E-state index in [4.69, 9.17) is 14.2 Å². The first-order chi connectivity index (χ1) is 14.7. The molecule has 0 aliphatic carbocycles. The summed E-state index contributed by atoms with van der Waals surface area (Å²) in [6.07, 6.45) is 5.11. The summed E-state index contributed by atoms with van der Waals surface area (Å²) in [6, 6.07) is 8.33. The minimum absolute atomic E-state index is 0.128.